The third-order valence-electron chi connectivity index (χ3n) is 2.59. The van der Waals surface area contributed by atoms with Crippen LogP contribution in [0.25, 0.3) is 0 Å². The molecular formula is C15H16N2O2S. The Morgan fingerprint density at radius 1 is 1.25 bits per heavy atom. The lowest BCUT2D eigenvalue weighted by molar-refractivity contribution is 0.102. The lowest BCUT2D eigenvalue weighted by Gasteiger charge is -2.04. The monoisotopic (exact) mass is 288 g/mol. The van der Waals surface area contributed by atoms with Crippen molar-refractivity contribution in [3.63, 3.8) is 0 Å². The Morgan fingerprint density at radius 3 is 2.65 bits per heavy atom. The van der Waals surface area contributed by atoms with Crippen LogP contribution in [0.5, 0.6) is 5.75 Å². The molecule has 0 aliphatic carbocycles. The van der Waals surface area contributed by atoms with Gasteiger partial charge in [0.25, 0.3) is 0 Å². The molecule has 0 unspecified atom stereocenters. The van der Waals surface area contributed by atoms with Crippen LogP contribution in [0.2, 0.25) is 0 Å². The number of rotatable bonds is 6. The van der Waals surface area contributed by atoms with E-state index < -0.39 is 0 Å². The van der Waals surface area contributed by atoms with Crippen molar-refractivity contribution >= 4 is 17.5 Å². The van der Waals surface area contributed by atoms with Gasteiger partial charge in [-0.15, -0.1) is 0 Å². The molecule has 0 radical (unpaired) electrons. The minimum atomic E-state index is 0.0585. The molecule has 0 bridgehead atoms. The highest BCUT2D eigenvalue weighted by molar-refractivity contribution is 7.99. The molecule has 0 N–H and O–H groups in total. The lowest BCUT2D eigenvalue weighted by atomic mass is 10.1. The molecule has 0 atom stereocenters. The van der Waals surface area contributed by atoms with E-state index in [1.807, 2.05) is 32.0 Å². The van der Waals surface area contributed by atoms with E-state index in [2.05, 4.69) is 9.97 Å². The van der Waals surface area contributed by atoms with Crippen molar-refractivity contribution in [3.8, 4) is 5.75 Å². The van der Waals surface area contributed by atoms with E-state index in [-0.39, 0.29) is 5.78 Å². The van der Waals surface area contributed by atoms with Crippen LogP contribution in [0.15, 0.2) is 41.7 Å². The zero-order chi connectivity index (χ0) is 14.4. The van der Waals surface area contributed by atoms with Crippen molar-refractivity contribution in [2.75, 3.05) is 12.4 Å². The molecule has 1 aromatic heterocycles. The largest absolute Gasteiger partial charge is 0.494 e. The number of aryl methyl sites for hydroxylation is 1. The molecule has 0 saturated carbocycles. The fourth-order valence-electron chi connectivity index (χ4n) is 1.61. The van der Waals surface area contributed by atoms with Gasteiger partial charge >= 0.3 is 0 Å². The van der Waals surface area contributed by atoms with Gasteiger partial charge < -0.3 is 4.74 Å². The molecule has 0 aliphatic rings. The van der Waals surface area contributed by atoms with Gasteiger partial charge in [0, 0.05) is 17.5 Å². The standard InChI is InChI=1S/C15H16N2O2S/c1-3-19-13-6-4-12(5-7-13)14(18)10-20-15-16-9-8-11(2)17-15/h4-9H,3,10H2,1-2H3. The Morgan fingerprint density at radius 2 is 2.00 bits per heavy atom. The van der Waals surface area contributed by atoms with E-state index in [1.54, 1.807) is 18.3 Å². The molecule has 0 fully saturated rings. The van der Waals surface area contributed by atoms with Crippen LogP contribution in [0.1, 0.15) is 23.0 Å². The van der Waals surface area contributed by atoms with Gasteiger partial charge in [-0.1, -0.05) is 11.8 Å². The average Bonchev–Trinajstić information content (AvgIpc) is 2.46. The van der Waals surface area contributed by atoms with Crippen LogP contribution in [-0.2, 0) is 0 Å². The number of nitrogens with zero attached hydrogens (tertiary/aromatic N) is 2. The Kier molecular flexibility index (Phi) is 5.12. The first-order chi connectivity index (χ1) is 9.69. The summed E-state index contributed by atoms with van der Waals surface area (Å²) in [6.45, 7) is 4.45. The van der Waals surface area contributed by atoms with Crippen LogP contribution in [-0.4, -0.2) is 28.1 Å². The van der Waals surface area contributed by atoms with Crippen LogP contribution in [0, 0.1) is 6.92 Å². The highest BCUT2D eigenvalue weighted by atomic mass is 32.2. The second kappa shape index (κ2) is 7.05. The Hall–Kier alpha value is -1.88. The molecule has 1 aromatic carbocycles. The number of hydrogen-bond acceptors (Lipinski definition) is 5. The summed E-state index contributed by atoms with van der Waals surface area (Å²) >= 11 is 1.35. The molecule has 20 heavy (non-hydrogen) atoms. The first kappa shape index (κ1) is 14.5. The number of Topliss-reactive ketones (excluding diaryl/α,β-unsaturated/α-hetero) is 1. The minimum absolute atomic E-state index is 0.0585. The van der Waals surface area contributed by atoms with E-state index in [0.29, 0.717) is 23.1 Å². The molecule has 5 heteroatoms. The number of thioether (sulfide) groups is 1. The summed E-state index contributed by atoms with van der Waals surface area (Å²) in [5.74, 6) is 1.17. The number of carbonyl (C=O) groups excluding carboxylic acids is 1. The molecule has 4 nitrogen and oxygen atoms in total. The summed E-state index contributed by atoms with van der Waals surface area (Å²) in [6.07, 6.45) is 1.70. The number of hydrogen-bond donors (Lipinski definition) is 0. The van der Waals surface area contributed by atoms with Gasteiger partial charge in [0.05, 0.1) is 12.4 Å². The molecule has 104 valence electrons. The van der Waals surface area contributed by atoms with Crippen molar-refractivity contribution in [2.24, 2.45) is 0 Å². The van der Waals surface area contributed by atoms with Crippen molar-refractivity contribution in [1.82, 2.24) is 9.97 Å². The molecule has 0 amide bonds. The number of ether oxygens (including phenoxy) is 1. The van der Waals surface area contributed by atoms with E-state index in [9.17, 15) is 4.79 Å². The Balaban J connectivity index is 1.94. The summed E-state index contributed by atoms with van der Waals surface area (Å²) < 4.78 is 5.35. The molecule has 1 heterocycles. The molecule has 0 saturated heterocycles. The van der Waals surface area contributed by atoms with Crippen molar-refractivity contribution in [1.29, 1.82) is 0 Å². The number of benzene rings is 1. The van der Waals surface area contributed by atoms with E-state index in [1.165, 1.54) is 11.8 Å². The van der Waals surface area contributed by atoms with Crippen molar-refractivity contribution in [3.05, 3.63) is 47.8 Å². The summed E-state index contributed by atoms with van der Waals surface area (Å²) in [4.78, 5) is 20.4. The van der Waals surface area contributed by atoms with E-state index >= 15 is 0 Å². The number of ketones is 1. The number of carbonyl (C=O) groups is 1. The third-order valence-corrected chi connectivity index (χ3v) is 3.45. The normalized spacial score (nSPS) is 10.3. The maximum atomic E-state index is 12.1. The lowest BCUT2D eigenvalue weighted by Crippen LogP contribution is -2.03. The second-order valence-electron chi connectivity index (χ2n) is 4.15. The van der Waals surface area contributed by atoms with Crippen LogP contribution >= 0.6 is 11.8 Å². The highest BCUT2D eigenvalue weighted by Gasteiger charge is 2.08. The van der Waals surface area contributed by atoms with Crippen LogP contribution in [0.3, 0.4) is 0 Å². The van der Waals surface area contributed by atoms with Gasteiger partial charge in [0.2, 0.25) is 0 Å². The minimum Gasteiger partial charge on any atom is -0.494 e. The van der Waals surface area contributed by atoms with Crippen molar-refractivity contribution < 1.29 is 9.53 Å². The van der Waals surface area contributed by atoms with Gasteiger partial charge in [-0.25, -0.2) is 9.97 Å². The Labute approximate surface area is 122 Å². The maximum absolute atomic E-state index is 12.1. The second-order valence-corrected chi connectivity index (χ2v) is 5.09. The van der Waals surface area contributed by atoms with Crippen molar-refractivity contribution in [2.45, 2.75) is 19.0 Å². The molecule has 0 spiro atoms. The molecule has 2 rings (SSSR count). The fourth-order valence-corrected chi connectivity index (χ4v) is 2.38. The molecule has 2 aromatic rings. The summed E-state index contributed by atoms with van der Waals surface area (Å²) in [6, 6.07) is 9.02. The first-order valence-corrected chi connectivity index (χ1v) is 7.36. The SMILES string of the molecule is CCOc1ccc(C(=O)CSc2nccc(C)n2)cc1. The van der Waals surface area contributed by atoms with Gasteiger partial charge in [0.1, 0.15) is 5.75 Å². The zero-order valence-electron chi connectivity index (χ0n) is 11.5. The average molecular weight is 288 g/mol. The summed E-state index contributed by atoms with van der Waals surface area (Å²) in [5, 5.41) is 0.629. The summed E-state index contributed by atoms with van der Waals surface area (Å²) in [7, 11) is 0. The topological polar surface area (TPSA) is 52.1 Å². The molecular weight excluding hydrogens is 272 g/mol. The van der Waals surface area contributed by atoms with Crippen LogP contribution < -0.4 is 4.74 Å². The third kappa shape index (κ3) is 4.06. The zero-order valence-corrected chi connectivity index (χ0v) is 12.3. The summed E-state index contributed by atoms with van der Waals surface area (Å²) in [5.41, 5.74) is 1.57. The predicted molar refractivity (Wildman–Crippen MR) is 79.4 cm³/mol. The number of aromatic nitrogens is 2. The quantitative estimate of drug-likeness (QED) is 0.464. The predicted octanol–water partition coefficient (Wildman–Crippen LogP) is 3.16. The van der Waals surface area contributed by atoms with E-state index in [4.69, 9.17) is 4.74 Å². The van der Waals surface area contributed by atoms with Gasteiger partial charge in [0.15, 0.2) is 10.9 Å². The fraction of sp³-hybridized carbons (Fsp3) is 0.267. The highest BCUT2D eigenvalue weighted by Crippen LogP contribution is 2.17. The smallest absolute Gasteiger partial charge is 0.188 e. The molecule has 0 aliphatic heterocycles. The van der Waals surface area contributed by atoms with Gasteiger partial charge in [-0.05, 0) is 44.2 Å². The first-order valence-electron chi connectivity index (χ1n) is 6.37. The van der Waals surface area contributed by atoms with Gasteiger partial charge in [-0.3, -0.25) is 4.79 Å². The van der Waals surface area contributed by atoms with E-state index in [0.717, 1.165) is 11.4 Å². The Bertz CT molecular complexity index is 585. The van der Waals surface area contributed by atoms with Gasteiger partial charge in [-0.2, -0.15) is 0 Å². The van der Waals surface area contributed by atoms with Crippen LogP contribution in [0.4, 0.5) is 0 Å². The maximum Gasteiger partial charge on any atom is 0.188 e.